The van der Waals surface area contributed by atoms with Crippen molar-refractivity contribution in [1.29, 1.82) is 0 Å². The fraction of sp³-hybridized carbons (Fsp3) is 0.333. The van der Waals surface area contributed by atoms with Crippen LogP contribution in [0, 0.1) is 6.92 Å². The van der Waals surface area contributed by atoms with Gasteiger partial charge in [-0.25, -0.2) is 18.4 Å². The summed E-state index contributed by atoms with van der Waals surface area (Å²) in [5.74, 6) is 0. The first kappa shape index (κ1) is 10.4. The van der Waals surface area contributed by atoms with E-state index >= 15 is 0 Å². The van der Waals surface area contributed by atoms with Crippen LogP contribution in [0.3, 0.4) is 0 Å². The van der Waals surface area contributed by atoms with Crippen LogP contribution < -0.4 is 3.33 Å². The van der Waals surface area contributed by atoms with Gasteiger partial charge in [0.05, 0.1) is 34.3 Å². The highest BCUT2D eigenvalue weighted by Gasteiger charge is 2.16. The Hall–Kier alpha value is -0.690. The number of nitrogens with zero attached hydrogens (tertiary/aromatic N) is 3. The lowest BCUT2D eigenvalue weighted by Gasteiger charge is -2.13. The van der Waals surface area contributed by atoms with E-state index in [0.717, 1.165) is 9.59 Å². The summed E-state index contributed by atoms with van der Waals surface area (Å²) < 4.78 is 23.2. The van der Waals surface area contributed by atoms with Gasteiger partial charge in [0.15, 0.2) is 0 Å². The maximum Gasteiger partial charge on any atom is 0.241 e. The monoisotopic (exact) mass is 265 g/mol. The molecule has 0 unspecified atom stereocenters. The molecule has 1 rings (SSSR count). The van der Waals surface area contributed by atoms with Crippen molar-refractivity contribution in [3.05, 3.63) is 18.2 Å². The van der Waals surface area contributed by atoms with Crippen LogP contribution in [-0.4, -0.2) is 24.6 Å². The summed E-state index contributed by atoms with van der Waals surface area (Å²) in [5, 5.41) is 0. The summed E-state index contributed by atoms with van der Waals surface area (Å²) in [7, 11) is -3.31. The second kappa shape index (κ2) is 3.59. The molecule has 0 spiro atoms. The van der Waals surface area contributed by atoms with Gasteiger partial charge in [-0.1, -0.05) is 0 Å². The Labute approximate surface area is 85.2 Å². The van der Waals surface area contributed by atoms with Gasteiger partial charge in [0.25, 0.3) is 0 Å². The van der Waals surface area contributed by atoms with Crippen LogP contribution >= 0.6 is 16.1 Å². The van der Waals surface area contributed by atoms with Crippen molar-refractivity contribution in [2.75, 3.05) is 9.59 Å². The molecule has 0 saturated carbocycles. The molecule has 72 valence electrons. The molecule has 0 atom stereocenters. The van der Waals surface area contributed by atoms with E-state index in [1.54, 1.807) is 6.92 Å². The number of hydrogen-bond donors (Lipinski definition) is 0. The zero-order chi connectivity index (χ0) is 10.1. The van der Waals surface area contributed by atoms with Gasteiger partial charge in [-0.15, -0.1) is 0 Å². The van der Waals surface area contributed by atoms with Crippen LogP contribution in [0.2, 0.25) is 0 Å². The Balaban J connectivity index is 3.17. The largest absolute Gasteiger partial charge is 0.243 e. The zero-order valence-corrected chi connectivity index (χ0v) is 9.50. The van der Waals surface area contributed by atoms with E-state index in [0.29, 0.717) is 11.4 Å². The first-order chi connectivity index (χ1) is 5.93. The summed E-state index contributed by atoms with van der Waals surface area (Å²) in [6.45, 7) is 1.70. The third-order valence-electron chi connectivity index (χ3n) is 1.37. The minimum Gasteiger partial charge on any atom is -0.243 e. The van der Waals surface area contributed by atoms with Crippen LogP contribution in [0.1, 0.15) is 5.69 Å². The lowest BCUT2D eigenvalue weighted by atomic mass is 10.4. The highest BCUT2D eigenvalue weighted by atomic mass is 79.9. The van der Waals surface area contributed by atoms with Crippen LogP contribution in [0.15, 0.2) is 12.5 Å². The number of aryl methyl sites for hydroxylation is 1. The SMILES string of the molecule is Cc1ncncc1N(Br)S(C)(=O)=O. The standard InChI is InChI=1S/C6H8BrN3O2S/c1-5-6(3-8-4-9-5)10(7)13(2,11)12/h3-4H,1-2H3. The minimum absolute atomic E-state index is 0.421. The quantitative estimate of drug-likeness (QED) is 0.745. The number of aromatic nitrogens is 2. The van der Waals surface area contributed by atoms with E-state index in [-0.39, 0.29) is 0 Å². The van der Waals surface area contributed by atoms with Crippen molar-refractivity contribution in [2.24, 2.45) is 0 Å². The van der Waals surface area contributed by atoms with Gasteiger partial charge in [-0.2, -0.15) is 3.33 Å². The molecule has 0 saturated heterocycles. The first-order valence-corrected chi connectivity index (χ1v) is 5.91. The molecule has 1 aromatic rings. The molecule has 0 N–H and O–H groups in total. The predicted molar refractivity (Wildman–Crippen MR) is 53.0 cm³/mol. The van der Waals surface area contributed by atoms with Gasteiger partial charge in [0, 0.05) is 0 Å². The van der Waals surface area contributed by atoms with Gasteiger partial charge in [-0.05, 0) is 6.92 Å². The van der Waals surface area contributed by atoms with Crippen molar-refractivity contribution < 1.29 is 8.42 Å². The van der Waals surface area contributed by atoms with Gasteiger partial charge in [0.1, 0.15) is 12.0 Å². The van der Waals surface area contributed by atoms with E-state index in [1.165, 1.54) is 12.5 Å². The van der Waals surface area contributed by atoms with E-state index in [1.807, 2.05) is 0 Å². The van der Waals surface area contributed by atoms with E-state index in [9.17, 15) is 8.42 Å². The molecule has 0 aromatic carbocycles. The summed E-state index contributed by atoms with van der Waals surface area (Å²) in [6.07, 6.45) is 3.88. The highest BCUT2D eigenvalue weighted by molar-refractivity contribution is 9.11. The number of hydrogen-bond acceptors (Lipinski definition) is 4. The Kier molecular flexibility index (Phi) is 2.87. The molecule has 0 fully saturated rings. The van der Waals surface area contributed by atoms with Crippen molar-refractivity contribution in [2.45, 2.75) is 6.92 Å². The van der Waals surface area contributed by atoms with Crippen LogP contribution in [0.4, 0.5) is 5.69 Å². The molecule has 0 bridgehead atoms. The summed E-state index contributed by atoms with van der Waals surface area (Å²) in [4.78, 5) is 7.60. The van der Waals surface area contributed by atoms with Gasteiger partial charge in [-0.3, -0.25) is 0 Å². The lowest BCUT2D eigenvalue weighted by Crippen LogP contribution is -2.19. The Morgan fingerprint density at radius 2 is 2.15 bits per heavy atom. The minimum atomic E-state index is -3.31. The van der Waals surface area contributed by atoms with E-state index < -0.39 is 10.0 Å². The van der Waals surface area contributed by atoms with Crippen LogP contribution in [0.5, 0.6) is 0 Å². The highest BCUT2D eigenvalue weighted by Crippen LogP contribution is 2.22. The number of anilines is 1. The second-order valence-corrected chi connectivity index (χ2v) is 5.48. The molecule has 5 nitrogen and oxygen atoms in total. The fourth-order valence-electron chi connectivity index (χ4n) is 0.735. The molecule has 0 radical (unpaired) electrons. The number of halogens is 1. The molecule has 0 aliphatic rings. The van der Waals surface area contributed by atoms with Gasteiger partial charge in [0.2, 0.25) is 10.0 Å². The summed E-state index contributed by atoms with van der Waals surface area (Å²) in [5.41, 5.74) is 1.02. The molecule has 0 aliphatic heterocycles. The molecule has 13 heavy (non-hydrogen) atoms. The van der Waals surface area contributed by atoms with Crippen LogP contribution in [0.25, 0.3) is 0 Å². The Bertz CT molecular complexity index is 406. The van der Waals surface area contributed by atoms with Crippen molar-refractivity contribution in [3.8, 4) is 0 Å². The van der Waals surface area contributed by atoms with Crippen molar-refractivity contribution >= 4 is 31.9 Å². The van der Waals surface area contributed by atoms with Crippen LogP contribution in [-0.2, 0) is 10.0 Å². The molecule has 0 aliphatic carbocycles. The molecule has 7 heteroatoms. The Morgan fingerprint density at radius 1 is 1.54 bits per heavy atom. The lowest BCUT2D eigenvalue weighted by molar-refractivity contribution is 0.604. The molecular weight excluding hydrogens is 258 g/mol. The fourth-order valence-corrected chi connectivity index (χ4v) is 1.62. The smallest absolute Gasteiger partial charge is 0.241 e. The first-order valence-electron chi connectivity index (χ1n) is 3.35. The predicted octanol–water partition coefficient (Wildman–Crippen LogP) is 0.861. The third kappa shape index (κ3) is 2.38. The normalized spacial score (nSPS) is 11.3. The topological polar surface area (TPSA) is 63.2 Å². The molecule has 0 amide bonds. The van der Waals surface area contributed by atoms with Gasteiger partial charge >= 0.3 is 0 Å². The van der Waals surface area contributed by atoms with Crippen molar-refractivity contribution in [1.82, 2.24) is 9.97 Å². The van der Waals surface area contributed by atoms with E-state index in [2.05, 4.69) is 26.1 Å². The van der Waals surface area contributed by atoms with Crippen molar-refractivity contribution in [3.63, 3.8) is 0 Å². The summed E-state index contributed by atoms with van der Waals surface area (Å²) in [6, 6.07) is 0. The van der Waals surface area contributed by atoms with Gasteiger partial charge < -0.3 is 0 Å². The average molecular weight is 266 g/mol. The maximum absolute atomic E-state index is 11.1. The van der Waals surface area contributed by atoms with E-state index in [4.69, 9.17) is 0 Å². The second-order valence-electron chi connectivity index (χ2n) is 2.47. The third-order valence-corrected chi connectivity index (χ3v) is 4.11. The Morgan fingerprint density at radius 3 is 2.62 bits per heavy atom. The molecule has 1 aromatic heterocycles. The zero-order valence-electron chi connectivity index (χ0n) is 7.10. The number of sulfonamides is 1. The number of rotatable bonds is 2. The molecular formula is C6H8BrN3O2S. The molecule has 1 heterocycles. The maximum atomic E-state index is 11.1. The average Bonchev–Trinajstić information content (AvgIpc) is 2.02. The summed E-state index contributed by atoms with van der Waals surface area (Å²) >= 11 is 2.92.